The van der Waals surface area contributed by atoms with Crippen LogP contribution >= 0.6 is 35.3 Å². The Labute approximate surface area is 133 Å². The lowest BCUT2D eigenvalue weighted by Crippen LogP contribution is -2.19. The average Bonchev–Trinajstić information content (AvgIpc) is 2.95. The van der Waals surface area contributed by atoms with E-state index in [0.29, 0.717) is 0 Å². The van der Waals surface area contributed by atoms with Gasteiger partial charge in [-0.15, -0.1) is 35.3 Å². The van der Waals surface area contributed by atoms with Gasteiger partial charge in [0.1, 0.15) is 0 Å². The molecule has 0 unspecified atom stereocenters. The molecule has 0 aliphatic heterocycles. The van der Waals surface area contributed by atoms with Crippen molar-refractivity contribution in [1.29, 1.82) is 0 Å². The van der Waals surface area contributed by atoms with Crippen LogP contribution in [0.5, 0.6) is 0 Å². The van der Waals surface area contributed by atoms with Crippen molar-refractivity contribution in [3.63, 3.8) is 0 Å². The van der Waals surface area contributed by atoms with Crippen molar-refractivity contribution < 1.29 is 4.79 Å². The van der Waals surface area contributed by atoms with Gasteiger partial charge in [-0.1, -0.05) is 12.8 Å². The molecule has 108 valence electrons. The van der Waals surface area contributed by atoms with Crippen molar-refractivity contribution in [2.24, 2.45) is 4.99 Å². The van der Waals surface area contributed by atoms with Crippen LogP contribution in [0, 0.1) is 0 Å². The summed E-state index contributed by atoms with van der Waals surface area (Å²) >= 11 is 5.31. The molecule has 0 spiro atoms. The van der Waals surface area contributed by atoms with Gasteiger partial charge in [0.05, 0.1) is 5.54 Å². The van der Waals surface area contributed by atoms with Gasteiger partial charge in [0, 0.05) is 14.7 Å². The highest BCUT2D eigenvalue weighted by molar-refractivity contribution is 8.03. The molecule has 5 heteroatoms. The number of hydrogen-bond acceptors (Lipinski definition) is 5. The zero-order valence-electron chi connectivity index (χ0n) is 12.1. The van der Waals surface area contributed by atoms with Crippen LogP contribution in [-0.2, 0) is 10.3 Å². The zero-order chi connectivity index (χ0) is 14.6. The molecule has 1 aliphatic carbocycles. The van der Waals surface area contributed by atoms with Crippen LogP contribution in [0.2, 0.25) is 0 Å². The minimum absolute atomic E-state index is 0.326. The lowest BCUT2D eigenvalue weighted by molar-refractivity contribution is 0.453. The summed E-state index contributed by atoms with van der Waals surface area (Å²) in [5, 5.41) is 0. The Kier molecular flexibility index (Phi) is 5.67. The van der Waals surface area contributed by atoms with Crippen LogP contribution in [-0.4, -0.2) is 24.8 Å². The van der Waals surface area contributed by atoms with Crippen LogP contribution in [0.25, 0.3) is 0 Å². The van der Waals surface area contributed by atoms with E-state index in [9.17, 15) is 4.79 Å². The molecule has 2 nitrogen and oxygen atoms in total. The third-order valence-electron chi connectivity index (χ3n) is 3.89. The van der Waals surface area contributed by atoms with Crippen LogP contribution in [0.4, 0.5) is 0 Å². The van der Waals surface area contributed by atoms with Crippen molar-refractivity contribution in [2.75, 3.05) is 18.8 Å². The molecule has 2 rings (SSSR count). The Morgan fingerprint density at radius 3 is 2.00 bits per heavy atom. The number of nitrogens with zero attached hydrogens (tertiary/aromatic N) is 1. The largest absolute Gasteiger partial charge is 0.235 e. The minimum Gasteiger partial charge on any atom is -0.211 e. The van der Waals surface area contributed by atoms with E-state index in [1.807, 2.05) is 6.08 Å². The highest BCUT2D eigenvalue weighted by atomic mass is 32.2. The van der Waals surface area contributed by atoms with E-state index in [2.05, 4.69) is 35.9 Å². The van der Waals surface area contributed by atoms with Crippen molar-refractivity contribution in [1.82, 2.24) is 0 Å². The fourth-order valence-corrected chi connectivity index (χ4v) is 5.53. The summed E-state index contributed by atoms with van der Waals surface area (Å²) < 4.78 is 0. The quantitative estimate of drug-likeness (QED) is 0.435. The summed E-state index contributed by atoms with van der Waals surface area (Å²) in [6, 6.07) is 4.45. The van der Waals surface area contributed by atoms with E-state index >= 15 is 0 Å². The first-order valence-corrected chi connectivity index (χ1v) is 10.3. The lowest BCUT2D eigenvalue weighted by atomic mass is 9.89. The average molecular weight is 326 g/mol. The lowest BCUT2D eigenvalue weighted by Gasteiger charge is -2.25. The van der Waals surface area contributed by atoms with Gasteiger partial charge < -0.3 is 0 Å². The number of benzene rings is 1. The standard InChI is InChI=1S/C15H19NOS3/c1-18-12-8-11(9-13(19-2)14(12)20-3)15(16-10-17)6-4-5-7-15/h8-9H,4-7H2,1-3H3. The normalized spacial score (nSPS) is 16.9. The molecule has 1 fully saturated rings. The topological polar surface area (TPSA) is 29.4 Å². The fraction of sp³-hybridized carbons (Fsp3) is 0.533. The number of isocyanates is 1. The molecule has 0 amide bonds. The summed E-state index contributed by atoms with van der Waals surface area (Å²) in [5.74, 6) is 0. The van der Waals surface area contributed by atoms with E-state index in [-0.39, 0.29) is 5.54 Å². The SMILES string of the molecule is CSc1cc(C2(N=C=O)CCCC2)cc(SC)c1SC. The third-order valence-corrected chi connectivity index (χ3v) is 6.52. The summed E-state index contributed by atoms with van der Waals surface area (Å²) in [4.78, 5) is 19.0. The minimum atomic E-state index is -0.326. The summed E-state index contributed by atoms with van der Waals surface area (Å²) in [7, 11) is 0. The molecular weight excluding hydrogens is 306 g/mol. The van der Waals surface area contributed by atoms with Crippen LogP contribution in [0.15, 0.2) is 31.8 Å². The summed E-state index contributed by atoms with van der Waals surface area (Å²) in [6.45, 7) is 0. The Morgan fingerprint density at radius 1 is 1.05 bits per heavy atom. The Bertz CT molecular complexity index is 507. The van der Waals surface area contributed by atoms with Gasteiger partial charge in [-0.25, -0.2) is 4.79 Å². The summed E-state index contributed by atoms with van der Waals surface area (Å²) in [6.07, 6.45) is 12.3. The van der Waals surface area contributed by atoms with Crippen molar-refractivity contribution in [2.45, 2.75) is 45.9 Å². The molecule has 0 saturated heterocycles. The predicted molar refractivity (Wildman–Crippen MR) is 90.1 cm³/mol. The van der Waals surface area contributed by atoms with Gasteiger partial charge in [0.25, 0.3) is 0 Å². The number of thioether (sulfide) groups is 3. The molecule has 0 N–H and O–H groups in total. The molecule has 0 radical (unpaired) electrons. The smallest absolute Gasteiger partial charge is 0.211 e. The predicted octanol–water partition coefficient (Wildman–Crippen LogP) is 4.96. The van der Waals surface area contributed by atoms with Crippen molar-refractivity contribution in [3.8, 4) is 0 Å². The first kappa shape index (κ1) is 16.0. The fourth-order valence-electron chi connectivity index (χ4n) is 2.86. The molecule has 1 aromatic carbocycles. The second-order valence-electron chi connectivity index (χ2n) is 4.86. The van der Waals surface area contributed by atoms with E-state index in [1.54, 1.807) is 35.3 Å². The maximum atomic E-state index is 10.9. The first-order chi connectivity index (χ1) is 9.70. The molecule has 1 aromatic rings. The van der Waals surface area contributed by atoms with Crippen molar-refractivity contribution >= 4 is 41.4 Å². The summed E-state index contributed by atoms with van der Waals surface area (Å²) in [5.41, 5.74) is 0.859. The van der Waals surface area contributed by atoms with Gasteiger partial charge in [-0.05, 0) is 49.3 Å². The van der Waals surface area contributed by atoms with E-state index in [1.165, 1.54) is 20.2 Å². The second-order valence-corrected chi connectivity index (χ2v) is 7.37. The van der Waals surface area contributed by atoms with Crippen LogP contribution < -0.4 is 0 Å². The number of hydrogen-bond donors (Lipinski definition) is 0. The number of rotatable bonds is 5. The van der Waals surface area contributed by atoms with Crippen LogP contribution in [0.3, 0.4) is 0 Å². The number of aliphatic imine (C=N–C) groups is 1. The van der Waals surface area contributed by atoms with Gasteiger partial charge in [-0.2, -0.15) is 4.99 Å². The van der Waals surface area contributed by atoms with Crippen molar-refractivity contribution in [3.05, 3.63) is 17.7 Å². The number of carbonyl (C=O) groups excluding carboxylic acids is 1. The van der Waals surface area contributed by atoms with Gasteiger partial charge >= 0.3 is 0 Å². The van der Waals surface area contributed by atoms with E-state index < -0.39 is 0 Å². The molecule has 1 saturated carbocycles. The molecule has 1 aliphatic rings. The molecule has 0 bridgehead atoms. The van der Waals surface area contributed by atoms with Gasteiger partial charge in [-0.3, -0.25) is 0 Å². The van der Waals surface area contributed by atoms with Gasteiger partial charge in [0.15, 0.2) is 0 Å². The maximum Gasteiger partial charge on any atom is 0.235 e. The highest BCUT2D eigenvalue weighted by Crippen LogP contribution is 2.46. The second kappa shape index (κ2) is 7.08. The zero-order valence-corrected chi connectivity index (χ0v) is 14.5. The monoisotopic (exact) mass is 325 g/mol. The van der Waals surface area contributed by atoms with E-state index in [4.69, 9.17) is 0 Å². The first-order valence-electron chi connectivity index (χ1n) is 6.60. The van der Waals surface area contributed by atoms with Gasteiger partial charge in [0.2, 0.25) is 6.08 Å². The molecule has 0 atom stereocenters. The Balaban J connectivity index is 2.59. The molecule has 20 heavy (non-hydrogen) atoms. The van der Waals surface area contributed by atoms with E-state index in [0.717, 1.165) is 25.7 Å². The Morgan fingerprint density at radius 2 is 1.60 bits per heavy atom. The molecule has 0 aromatic heterocycles. The maximum absolute atomic E-state index is 10.9. The highest BCUT2D eigenvalue weighted by Gasteiger charge is 2.36. The molecule has 0 heterocycles. The Hall–Kier alpha value is -0.350. The third kappa shape index (κ3) is 2.96. The van der Waals surface area contributed by atoms with Crippen LogP contribution in [0.1, 0.15) is 31.2 Å². The molecular formula is C15H19NOS3.